The van der Waals surface area contributed by atoms with Crippen molar-refractivity contribution in [2.24, 2.45) is 17.8 Å². The minimum absolute atomic E-state index is 0.131. The SMILES string of the molecule is CC(=O)OC1C(O)C(C)OC(OC2C(OC(=O)C3CCC4C(C3)OC3(CC(OC(=O)C=Cc5ccccc5)C(C)CO3)C43CO3)OC(CO)C(O)C2OC(C)=O)C1O. The third-order valence-corrected chi connectivity index (χ3v) is 12.0. The van der Waals surface area contributed by atoms with E-state index in [1.54, 1.807) is 6.08 Å². The normalized spacial score (nSPS) is 43.4. The second-order valence-electron chi connectivity index (χ2n) is 16.0. The molecular formula is C40H52O18. The van der Waals surface area contributed by atoms with Crippen LogP contribution in [0.2, 0.25) is 0 Å². The molecule has 17 unspecified atom stereocenters. The molecule has 1 aromatic carbocycles. The monoisotopic (exact) mass is 820 g/mol. The number of hydrogen-bond acceptors (Lipinski definition) is 18. The number of rotatable bonds is 10. The fourth-order valence-corrected chi connectivity index (χ4v) is 8.91. The molecule has 4 N–H and O–H groups in total. The molecule has 1 aromatic rings. The van der Waals surface area contributed by atoms with E-state index in [1.165, 1.54) is 13.0 Å². The van der Waals surface area contributed by atoms with Crippen LogP contribution >= 0.6 is 0 Å². The Morgan fingerprint density at radius 2 is 1.55 bits per heavy atom. The van der Waals surface area contributed by atoms with Crippen molar-refractivity contribution in [2.75, 3.05) is 19.8 Å². The Morgan fingerprint density at radius 3 is 2.22 bits per heavy atom. The Kier molecular flexibility index (Phi) is 12.6. The molecule has 0 radical (unpaired) electrons. The summed E-state index contributed by atoms with van der Waals surface area (Å²) in [6.07, 6.45) is -12.2. The average Bonchev–Trinajstić information content (AvgIpc) is 3.96. The lowest BCUT2D eigenvalue weighted by atomic mass is 9.72. The van der Waals surface area contributed by atoms with Gasteiger partial charge in [-0.1, -0.05) is 37.3 Å². The molecule has 6 fully saturated rings. The lowest BCUT2D eigenvalue weighted by Crippen LogP contribution is -2.65. The molecule has 17 atom stereocenters. The predicted molar refractivity (Wildman–Crippen MR) is 192 cm³/mol. The van der Waals surface area contributed by atoms with Crippen molar-refractivity contribution in [2.45, 2.75) is 138 Å². The molecule has 0 amide bonds. The first-order chi connectivity index (χ1) is 27.6. The third kappa shape index (κ3) is 8.41. The van der Waals surface area contributed by atoms with Crippen LogP contribution in [0.15, 0.2) is 36.4 Å². The van der Waals surface area contributed by atoms with E-state index in [4.69, 9.17) is 47.4 Å². The number of fused-ring (bicyclic) bond motifs is 3. The first kappa shape index (κ1) is 42.6. The van der Waals surface area contributed by atoms with Crippen LogP contribution in [-0.4, -0.2) is 149 Å². The Labute approximate surface area is 334 Å². The summed E-state index contributed by atoms with van der Waals surface area (Å²) in [5.41, 5.74) is 0.0624. The minimum atomic E-state index is -1.78. The van der Waals surface area contributed by atoms with Crippen molar-refractivity contribution in [3.63, 3.8) is 0 Å². The van der Waals surface area contributed by atoms with Gasteiger partial charge in [0.25, 0.3) is 0 Å². The van der Waals surface area contributed by atoms with Crippen LogP contribution in [0.25, 0.3) is 6.08 Å². The molecule has 320 valence electrons. The molecule has 2 spiro atoms. The first-order valence-corrected chi connectivity index (χ1v) is 19.7. The number of hydrogen-bond donors (Lipinski definition) is 4. The summed E-state index contributed by atoms with van der Waals surface area (Å²) in [6.45, 7) is 5.39. The maximum Gasteiger partial charge on any atom is 0.331 e. The average molecular weight is 821 g/mol. The van der Waals surface area contributed by atoms with Crippen LogP contribution in [-0.2, 0) is 66.5 Å². The fourth-order valence-electron chi connectivity index (χ4n) is 8.91. The van der Waals surface area contributed by atoms with Crippen LogP contribution in [0.4, 0.5) is 0 Å². The Morgan fingerprint density at radius 1 is 0.845 bits per heavy atom. The summed E-state index contributed by atoms with van der Waals surface area (Å²) in [5, 5.41) is 42.8. The number of epoxide rings is 1. The highest BCUT2D eigenvalue weighted by Crippen LogP contribution is 2.62. The standard InChI is InChI=1S/C40H52O18/c1-19-17-49-40(15-27(19)54-29(44)13-10-23-8-6-5-7-9-23)39(18-50-39)25-12-11-24(14-26(25)58-40)36(48)57-38-35(34(53-22(4)43)31(46)28(16-41)55-38)56-37-32(47)33(52-21(3)42)30(45)20(2)51-37/h5-10,13,19-20,24-28,30-35,37-38,41,45-47H,11-12,14-18H2,1-4H3. The van der Waals surface area contributed by atoms with Crippen LogP contribution in [0.3, 0.4) is 0 Å². The van der Waals surface area contributed by atoms with Crippen molar-refractivity contribution in [1.29, 1.82) is 0 Å². The Bertz CT molecular complexity index is 1680. The van der Waals surface area contributed by atoms with E-state index in [9.17, 15) is 39.6 Å². The zero-order valence-electron chi connectivity index (χ0n) is 32.7. The third-order valence-electron chi connectivity index (χ3n) is 12.0. The fraction of sp³-hybridized carbons (Fsp3) is 0.700. The largest absolute Gasteiger partial charge is 0.459 e. The first-order valence-electron chi connectivity index (χ1n) is 19.7. The van der Waals surface area contributed by atoms with Crippen molar-refractivity contribution in [1.82, 2.24) is 0 Å². The highest BCUT2D eigenvalue weighted by atomic mass is 16.8. The van der Waals surface area contributed by atoms with Gasteiger partial charge in [0.15, 0.2) is 30.2 Å². The van der Waals surface area contributed by atoms with Crippen molar-refractivity contribution >= 4 is 30.0 Å². The second kappa shape index (κ2) is 17.2. The van der Waals surface area contributed by atoms with Crippen molar-refractivity contribution in [3.05, 3.63) is 42.0 Å². The van der Waals surface area contributed by atoms with Gasteiger partial charge < -0.3 is 67.8 Å². The molecule has 5 aliphatic heterocycles. The molecule has 5 heterocycles. The summed E-state index contributed by atoms with van der Waals surface area (Å²) < 4.78 is 59.1. The number of esters is 4. The number of carbonyl (C=O) groups excluding carboxylic acids is 4. The summed E-state index contributed by atoms with van der Waals surface area (Å²) in [4.78, 5) is 50.9. The Balaban J connectivity index is 1.05. The highest BCUT2D eigenvalue weighted by Gasteiger charge is 2.76. The van der Waals surface area contributed by atoms with E-state index >= 15 is 0 Å². The van der Waals surface area contributed by atoms with E-state index in [0.29, 0.717) is 19.4 Å². The van der Waals surface area contributed by atoms with Crippen LogP contribution in [0.1, 0.15) is 58.9 Å². The zero-order valence-corrected chi connectivity index (χ0v) is 32.7. The second-order valence-corrected chi connectivity index (χ2v) is 16.0. The smallest absolute Gasteiger partial charge is 0.331 e. The van der Waals surface area contributed by atoms with Gasteiger partial charge in [-0.25, -0.2) is 4.79 Å². The number of ether oxygens (including phenoxy) is 10. The summed E-state index contributed by atoms with van der Waals surface area (Å²) in [6, 6.07) is 9.38. The lowest BCUT2D eigenvalue weighted by Gasteiger charge is -2.46. The number of aliphatic hydroxyl groups is 4. The van der Waals surface area contributed by atoms with E-state index in [1.807, 2.05) is 37.3 Å². The molecule has 0 aromatic heterocycles. The van der Waals surface area contributed by atoms with Gasteiger partial charge in [0, 0.05) is 38.2 Å². The van der Waals surface area contributed by atoms with E-state index in [-0.39, 0.29) is 31.3 Å². The number of carbonyl (C=O) groups is 4. The van der Waals surface area contributed by atoms with E-state index in [2.05, 4.69) is 0 Å². The lowest BCUT2D eigenvalue weighted by molar-refractivity contribution is -0.360. The van der Waals surface area contributed by atoms with Crippen LogP contribution < -0.4 is 0 Å². The number of benzene rings is 1. The van der Waals surface area contributed by atoms with Gasteiger partial charge in [0.05, 0.1) is 37.9 Å². The van der Waals surface area contributed by atoms with Crippen molar-refractivity contribution < 1.29 is 87.0 Å². The molecule has 1 aliphatic carbocycles. The van der Waals surface area contributed by atoms with E-state index < -0.39 is 121 Å². The Hall–Kier alpha value is -3.56. The summed E-state index contributed by atoms with van der Waals surface area (Å²) in [7, 11) is 0. The molecule has 7 rings (SSSR count). The van der Waals surface area contributed by atoms with Gasteiger partial charge in [0.1, 0.15) is 30.5 Å². The summed E-state index contributed by atoms with van der Waals surface area (Å²) in [5.74, 6) is -5.13. The molecular weight excluding hydrogens is 768 g/mol. The topological polar surface area (TPSA) is 245 Å². The maximum absolute atomic E-state index is 14.0. The van der Waals surface area contributed by atoms with Gasteiger partial charge in [0.2, 0.25) is 12.1 Å². The molecule has 58 heavy (non-hydrogen) atoms. The molecule has 0 bridgehead atoms. The van der Waals surface area contributed by atoms with Gasteiger partial charge in [-0.15, -0.1) is 0 Å². The predicted octanol–water partition coefficient (Wildman–Crippen LogP) is 0.285. The molecule has 1 saturated carbocycles. The van der Waals surface area contributed by atoms with Crippen LogP contribution in [0, 0.1) is 17.8 Å². The zero-order chi connectivity index (χ0) is 41.5. The quantitative estimate of drug-likeness (QED) is 0.107. The van der Waals surface area contributed by atoms with Crippen molar-refractivity contribution in [3.8, 4) is 0 Å². The van der Waals surface area contributed by atoms with Gasteiger partial charge in [-0.3, -0.25) is 14.4 Å². The van der Waals surface area contributed by atoms with E-state index in [0.717, 1.165) is 19.4 Å². The maximum atomic E-state index is 14.0. The van der Waals surface area contributed by atoms with Gasteiger partial charge >= 0.3 is 23.9 Å². The minimum Gasteiger partial charge on any atom is -0.459 e. The van der Waals surface area contributed by atoms with Crippen LogP contribution in [0.5, 0.6) is 0 Å². The highest BCUT2D eigenvalue weighted by molar-refractivity contribution is 5.87. The molecule has 18 heteroatoms. The summed E-state index contributed by atoms with van der Waals surface area (Å²) >= 11 is 0. The molecule has 5 saturated heterocycles. The van der Waals surface area contributed by atoms with Gasteiger partial charge in [-0.05, 0) is 37.8 Å². The molecule has 6 aliphatic rings. The van der Waals surface area contributed by atoms with Gasteiger partial charge in [-0.2, -0.15) is 0 Å². The molecule has 18 nitrogen and oxygen atoms in total. The number of aliphatic hydroxyl groups excluding tert-OH is 4.